The smallest absolute Gasteiger partial charge is 0.305 e. The van der Waals surface area contributed by atoms with Crippen LogP contribution in [-0.4, -0.2) is 33.5 Å². The standard InChI is InChI=1S/C26H29FO4/c1-26(2)23(13-12-20(28)14-21(29)15-25(30)31)22(17-8-10-19(27)11-9-17)16-24(26)18-6-4-3-5-7-18/h3-13,20-21,24,28-29H,14-16H2,1-2H3,(H,30,31)/b13-12+. The number of hydrogen-bond donors (Lipinski definition) is 3. The van der Waals surface area contributed by atoms with Gasteiger partial charge in [0.15, 0.2) is 0 Å². The number of hydrogen-bond acceptors (Lipinski definition) is 3. The molecule has 1 aliphatic carbocycles. The van der Waals surface area contributed by atoms with Crippen LogP contribution in [0.15, 0.2) is 72.3 Å². The highest BCUT2D eigenvalue weighted by Gasteiger charge is 2.41. The maximum atomic E-state index is 13.5. The number of allylic oxidation sites excluding steroid dienone is 3. The largest absolute Gasteiger partial charge is 0.481 e. The lowest BCUT2D eigenvalue weighted by molar-refractivity contribution is -0.139. The fraction of sp³-hybridized carbons (Fsp3) is 0.346. The Bertz CT molecular complexity index is 961. The van der Waals surface area contributed by atoms with E-state index < -0.39 is 24.6 Å². The normalized spacial score (nSPS) is 20.2. The van der Waals surface area contributed by atoms with Gasteiger partial charge in [-0.25, -0.2) is 4.39 Å². The fourth-order valence-electron chi connectivity index (χ4n) is 4.46. The van der Waals surface area contributed by atoms with Crippen molar-refractivity contribution in [2.24, 2.45) is 5.41 Å². The van der Waals surface area contributed by atoms with Crippen LogP contribution >= 0.6 is 0 Å². The lowest BCUT2D eigenvalue weighted by atomic mass is 9.73. The highest BCUT2D eigenvalue weighted by Crippen LogP contribution is 2.55. The Hall–Kier alpha value is -2.76. The van der Waals surface area contributed by atoms with Gasteiger partial charge in [-0.3, -0.25) is 4.79 Å². The van der Waals surface area contributed by atoms with Crippen molar-refractivity contribution < 1.29 is 24.5 Å². The van der Waals surface area contributed by atoms with Gasteiger partial charge in [0.1, 0.15) is 5.82 Å². The minimum Gasteiger partial charge on any atom is -0.481 e. The zero-order valence-electron chi connectivity index (χ0n) is 17.8. The summed E-state index contributed by atoms with van der Waals surface area (Å²) in [6.45, 7) is 4.32. The fourth-order valence-corrected chi connectivity index (χ4v) is 4.46. The zero-order valence-corrected chi connectivity index (χ0v) is 17.8. The van der Waals surface area contributed by atoms with Crippen LogP contribution in [0.5, 0.6) is 0 Å². The van der Waals surface area contributed by atoms with Crippen LogP contribution in [0.1, 0.15) is 50.2 Å². The SMILES string of the molecule is CC1(C)C(/C=C/C(O)CC(O)CC(=O)O)=C(c2ccc(F)cc2)CC1c1ccccc1. The molecule has 164 valence electrons. The van der Waals surface area contributed by atoms with Crippen molar-refractivity contribution in [2.45, 2.75) is 51.2 Å². The minimum absolute atomic E-state index is 0.0511. The van der Waals surface area contributed by atoms with Crippen LogP contribution in [0.3, 0.4) is 0 Å². The molecule has 0 spiro atoms. The van der Waals surface area contributed by atoms with Crippen molar-refractivity contribution >= 4 is 11.5 Å². The molecule has 0 aromatic heterocycles. The lowest BCUT2D eigenvalue weighted by Crippen LogP contribution is -2.20. The van der Waals surface area contributed by atoms with Gasteiger partial charge < -0.3 is 15.3 Å². The topological polar surface area (TPSA) is 77.8 Å². The number of aliphatic hydroxyl groups excluding tert-OH is 2. The summed E-state index contributed by atoms with van der Waals surface area (Å²) in [5, 5.41) is 28.9. The molecule has 0 saturated carbocycles. The quantitative estimate of drug-likeness (QED) is 0.561. The first-order valence-electron chi connectivity index (χ1n) is 10.5. The highest BCUT2D eigenvalue weighted by atomic mass is 19.1. The molecule has 4 nitrogen and oxygen atoms in total. The van der Waals surface area contributed by atoms with Crippen molar-refractivity contribution in [3.63, 3.8) is 0 Å². The predicted molar refractivity (Wildman–Crippen MR) is 119 cm³/mol. The van der Waals surface area contributed by atoms with Crippen LogP contribution in [0.4, 0.5) is 4.39 Å². The maximum absolute atomic E-state index is 13.5. The Morgan fingerprint density at radius 2 is 1.77 bits per heavy atom. The summed E-state index contributed by atoms with van der Waals surface area (Å²) < 4.78 is 13.5. The molecule has 0 saturated heterocycles. The number of aliphatic carboxylic acids is 1. The van der Waals surface area contributed by atoms with Gasteiger partial charge in [0, 0.05) is 6.42 Å². The van der Waals surface area contributed by atoms with Crippen molar-refractivity contribution in [3.8, 4) is 0 Å². The third kappa shape index (κ3) is 5.49. The van der Waals surface area contributed by atoms with Gasteiger partial charge in [-0.05, 0) is 52.2 Å². The maximum Gasteiger partial charge on any atom is 0.305 e. The first kappa shape index (κ1) is 22.9. The molecule has 0 heterocycles. The Kier molecular flexibility index (Phi) is 7.08. The summed E-state index contributed by atoms with van der Waals surface area (Å²) >= 11 is 0. The Morgan fingerprint density at radius 1 is 1.13 bits per heavy atom. The van der Waals surface area contributed by atoms with Crippen molar-refractivity contribution in [3.05, 3.63) is 89.3 Å². The van der Waals surface area contributed by atoms with Crippen LogP contribution in [-0.2, 0) is 4.79 Å². The second kappa shape index (κ2) is 9.58. The second-order valence-corrected chi connectivity index (χ2v) is 8.70. The summed E-state index contributed by atoms with van der Waals surface area (Å²) in [5.41, 5.74) is 4.04. The summed E-state index contributed by atoms with van der Waals surface area (Å²) in [7, 11) is 0. The van der Waals surface area contributed by atoms with Crippen LogP contribution in [0.2, 0.25) is 0 Å². The van der Waals surface area contributed by atoms with Gasteiger partial charge in [-0.15, -0.1) is 0 Å². The Labute approximate surface area is 182 Å². The monoisotopic (exact) mass is 424 g/mol. The molecule has 3 rings (SSSR count). The van der Waals surface area contributed by atoms with Crippen molar-refractivity contribution in [1.82, 2.24) is 0 Å². The number of carboxylic acid groups (broad SMARTS) is 1. The van der Waals surface area contributed by atoms with Gasteiger partial charge in [0.25, 0.3) is 0 Å². The number of halogens is 1. The van der Waals surface area contributed by atoms with E-state index in [-0.39, 0.29) is 23.6 Å². The van der Waals surface area contributed by atoms with Gasteiger partial charge in [-0.1, -0.05) is 68.5 Å². The summed E-state index contributed by atoms with van der Waals surface area (Å²) in [6, 6.07) is 16.7. The Morgan fingerprint density at radius 3 is 2.39 bits per heavy atom. The number of rotatable bonds is 8. The summed E-state index contributed by atoms with van der Waals surface area (Å²) in [5.74, 6) is -1.18. The third-order valence-electron chi connectivity index (χ3n) is 6.10. The van der Waals surface area contributed by atoms with Crippen molar-refractivity contribution in [2.75, 3.05) is 0 Å². The Balaban J connectivity index is 1.93. The molecule has 0 aliphatic heterocycles. The van der Waals surface area contributed by atoms with E-state index in [9.17, 15) is 19.4 Å². The predicted octanol–water partition coefficient (Wildman–Crippen LogP) is 4.94. The molecule has 2 aromatic rings. The van der Waals surface area contributed by atoms with E-state index in [0.29, 0.717) is 0 Å². The summed E-state index contributed by atoms with van der Waals surface area (Å²) in [6.07, 6.45) is 1.72. The first-order valence-corrected chi connectivity index (χ1v) is 10.5. The molecular formula is C26H29FO4. The van der Waals surface area contributed by atoms with Crippen LogP contribution < -0.4 is 0 Å². The van der Waals surface area contributed by atoms with Gasteiger partial charge in [0.2, 0.25) is 0 Å². The number of carbonyl (C=O) groups is 1. The number of benzene rings is 2. The van der Waals surface area contributed by atoms with Gasteiger partial charge >= 0.3 is 5.97 Å². The molecule has 0 fully saturated rings. The van der Waals surface area contributed by atoms with E-state index in [4.69, 9.17) is 5.11 Å². The molecule has 3 atom stereocenters. The summed E-state index contributed by atoms with van der Waals surface area (Å²) in [4.78, 5) is 10.7. The van der Waals surface area contributed by atoms with Crippen LogP contribution in [0, 0.1) is 11.2 Å². The molecule has 0 bridgehead atoms. The molecule has 1 aliphatic rings. The second-order valence-electron chi connectivity index (χ2n) is 8.70. The first-order chi connectivity index (χ1) is 14.7. The van der Waals surface area contributed by atoms with Gasteiger partial charge in [-0.2, -0.15) is 0 Å². The minimum atomic E-state index is -1.11. The molecular weight excluding hydrogens is 395 g/mol. The van der Waals surface area contributed by atoms with Crippen molar-refractivity contribution in [1.29, 1.82) is 0 Å². The molecule has 2 aromatic carbocycles. The van der Waals surface area contributed by atoms with Crippen LogP contribution in [0.25, 0.3) is 5.57 Å². The molecule has 0 radical (unpaired) electrons. The lowest BCUT2D eigenvalue weighted by Gasteiger charge is -2.30. The van der Waals surface area contributed by atoms with E-state index in [2.05, 4.69) is 26.0 Å². The molecule has 3 N–H and O–H groups in total. The molecule has 3 unspecified atom stereocenters. The number of aliphatic hydroxyl groups is 2. The highest BCUT2D eigenvalue weighted by molar-refractivity contribution is 5.76. The molecule has 0 amide bonds. The average molecular weight is 425 g/mol. The van der Waals surface area contributed by atoms with E-state index in [1.807, 2.05) is 24.3 Å². The van der Waals surface area contributed by atoms with E-state index >= 15 is 0 Å². The van der Waals surface area contributed by atoms with E-state index in [1.165, 1.54) is 17.7 Å². The molecule has 31 heavy (non-hydrogen) atoms. The van der Waals surface area contributed by atoms with E-state index in [0.717, 1.165) is 23.1 Å². The molecule has 5 heteroatoms. The van der Waals surface area contributed by atoms with Gasteiger partial charge in [0.05, 0.1) is 18.6 Å². The van der Waals surface area contributed by atoms with E-state index in [1.54, 1.807) is 18.2 Å². The third-order valence-corrected chi connectivity index (χ3v) is 6.10. The zero-order chi connectivity index (χ0) is 22.6. The average Bonchev–Trinajstić information content (AvgIpc) is 2.97. The number of carboxylic acids is 1.